The molecule has 1 aliphatic heterocycles. The Kier molecular flexibility index (Phi) is 5.55. The van der Waals surface area contributed by atoms with E-state index in [9.17, 15) is 9.59 Å². The third kappa shape index (κ3) is 4.41. The van der Waals surface area contributed by atoms with Crippen LogP contribution in [0.5, 0.6) is 0 Å². The summed E-state index contributed by atoms with van der Waals surface area (Å²) in [5.74, 6) is -0.0192. The van der Waals surface area contributed by atoms with Crippen LogP contribution in [0, 0.1) is 6.92 Å². The van der Waals surface area contributed by atoms with Gasteiger partial charge in [-0.3, -0.25) is 4.79 Å². The minimum absolute atomic E-state index is 0.0192. The van der Waals surface area contributed by atoms with Gasteiger partial charge < -0.3 is 14.5 Å². The van der Waals surface area contributed by atoms with Crippen LogP contribution in [0.4, 0.5) is 4.79 Å². The van der Waals surface area contributed by atoms with Gasteiger partial charge in [0.05, 0.1) is 0 Å². The maximum Gasteiger partial charge on any atom is 0.410 e. The number of carbonyl (C=O) groups excluding carboxylic acids is 2. The molecule has 0 aliphatic carbocycles. The summed E-state index contributed by atoms with van der Waals surface area (Å²) < 4.78 is 5.45. The summed E-state index contributed by atoms with van der Waals surface area (Å²) in [6.45, 7) is 14.7. The smallest absolute Gasteiger partial charge is 0.410 e. The summed E-state index contributed by atoms with van der Waals surface area (Å²) >= 11 is 0. The average Bonchev–Trinajstić information content (AvgIpc) is 2.52. The van der Waals surface area contributed by atoms with Crippen LogP contribution in [0.15, 0.2) is 24.8 Å². The summed E-state index contributed by atoms with van der Waals surface area (Å²) in [6, 6.07) is 5.59. The second-order valence-electron chi connectivity index (χ2n) is 7.51. The van der Waals surface area contributed by atoms with Gasteiger partial charge >= 0.3 is 6.09 Å². The second-order valence-corrected chi connectivity index (χ2v) is 7.51. The van der Waals surface area contributed by atoms with E-state index in [1.165, 1.54) is 0 Å². The molecule has 2 rings (SSSR count). The van der Waals surface area contributed by atoms with E-state index in [-0.39, 0.29) is 18.0 Å². The minimum atomic E-state index is -0.524. The highest BCUT2D eigenvalue weighted by atomic mass is 16.6. The number of piperazine rings is 1. The van der Waals surface area contributed by atoms with Gasteiger partial charge in [0, 0.05) is 31.2 Å². The lowest BCUT2D eigenvalue weighted by Gasteiger charge is -2.40. The summed E-state index contributed by atoms with van der Waals surface area (Å²) in [7, 11) is 0. The van der Waals surface area contributed by atoms with Crippen molar-refractivity contribution in [3.8, 4) is 0 Å². The number of hydrogen-bond acceptors (Lipinski definition) is 3. The number of rotatable bonds is 2. The van der Waals surface area contributed by atoms with E-state index >= 15 is 0 Å². The van der Waals surface area contributed by atoms with E-state index < -0.39 is 5.60 Å². The molecule has 0 saturated carbocycles. The number of carbonyl (C=O) groups is 2. The normalized spacial score (nSPS) is 18.0. The fraction of sp³-hybridized carbons (Fsp3) is 0.500. The zero-order chi connectivity index (χ0) is 18.8. The summed E-state index contributed by atoms with van der Waals surface area (Å²) in [5.41, 5.74) is 2.04. The topological polar surface area (TPSA) is 49.9 Å². The summed E-state index contributed by atoms with van der Waals surface area (Å²) in [4.78, 5) is 28.7. The molecule has 0 unspecified atom stereocenters. The molecule has 1 aromatic rings. The molecular formula is C20H28N2O3. The van der Waals surface area contributed by atoms with E-state index in [1.54, 1.807) is 15.9 Å². The van der Waals surface area contributed by atoms with E-state index in [4.69, 9.17) is 4.74 Å². The van der Waals surface area contributed by atoms with Gasteiger partial charge in [0.1, 0.15) is 5.60 Å². The molecule has 0 aromatic heterocycles. The molecule has 0 N–H and O–H groups in total. The lowest BCUT2D eigenvalue weighted by atomic mass is 10.0. The van der Waals surface area contributed by atoms with Gasteiger partial charge in [-0.1, -0.05) is 24.8 Å². The number of ether oxygens (including phenoxy) is 1. The number of amides is 2. The first kappa shape index (κ1) is 19.0. The van der Waals surface area contributed by atoms with Crippen LogP contribution in [0.2, 0.25) is 0 Å². The molecule has 1 atom stereocenters. The van der Waals surface area contributed by atoms with Crippen molar-refractivity contribution in [1.29, 1.82) is 0 Å². The Balaban J connectivity index is 2.11. The van der Waals surface area contributed by atoms with Gasteiger partial charge in [-0.25, -0.2) is 4.79 Å². The number of benzene rings is 1. The quantitative estimate of drug-likeness (QED) is 0.821. The van der Waals surface area contributed by atoms with Crippen molar-refractivity contribution in [3.05, 3.63) is 41.5 Å². The molecule has 1 heterocycles. The molecular weight excluding hydrogens is 316 g/mol. The van der Waals surface area contributed by atoms with Crippen molar-refractivity contribution in [2.75, 3.05) is 19.6 Å². The molecule has 0 spiro atoms. The lowest BCUT2D eigenvalue weighted by molar-refractivity contribution is 0.00198. The maximum atomic E-state index is 12.9. The summed E-state index contributed by atoms with van der Waals surface area (Å²) in [6.07, 6.45) is 1.40. The Morgan fingerprint density at radius 2 is 1.96 bits per heavy atom. The molecule has 1 fully saturated rings. The molecule has 0 bridgehead atoms. The Bertz CT molecular complexity index is 676. The van der Waals surface area contributed by atoms with Gasteiger partial charge in [0.2, 0.25) is 0 Å². The zero-order valence-corrected chi connectivity index (χ0v) is 15.8. The van der Waals surface area contributed by atoms with Crippen LogP contribution in [0.25, 0.3) is 6.08 Å². The van der Waals surface area contributed by atoms with Crippen molar-refractivity contribution in [2.24, 2.45) is 0 Å². The van der Waals surface area contributed by atoms with E-state index in [0.717, 1.165) is 11.1 Å². The fourth-order valence-corrected chi connectivity index (χ4v) is 3.04. The van der Waals surface area contributed by atoms with Crippen molar-refractivity contribution in [2.45, 2.75) is 46.3 Å². The van der Waals surface area contributed by atoms with Gasteiger partial charge in [-0.15, -0.1) is 0 Å². The Labute approximate surface area is 150 Å². The van der Waals surface area contributed by atoms with Crippen LogP contribution < -0.4 is 0 Å². The molecule has 1 aliphatic rings. The third-order valence-electron chi connectivity index (χ3n) is 4.30. The monoisotopic (exact) mass is 344 g/mol. The van der Waals surface area contributed by atoms with Crippen molar-refractivity contribution >= 4 is 18.1 Å². The standard InChI is InChI=1S/C20H28N2O3/c1-7-16-14(2)9-8-10-17(16)18(23)21-11-12-22(15(3)13-21)19(24)25-20(4,5)6/h7-10,15H,1,11-13H2,2-6H3/t15-/m1/s1. The maximum absolute atomic E-state index is 12.9. The lowest BCUT2D eigenvalue weighted by Crippen LogP contribution is -2.56. The van der Waals surface area contributed by atoms with Crippen LogP contribution in [-0.2, 0) is 4.74 Å². The van der Waals surface area contributed by atoms with Gasteiger partial charge in [0.25, 0.3) is 5.91 Å². The summed E-state index contributed by atoms with van der Waals surface area (Å²) in [5, 5.41) is 0. The first-order valence-electron chi connectivity index (χ1n) is 8.65. The second kappa shape index (κ2) is 7.30. The van der Waals surface area contributed by atoms with E-state index in [2.05, 4.69) is 6.58 Å². The fourth-order valence-electron chi connectivity index (χ4n) is 3.04. The SMILES string of the molecule is C=Cc1c(C)cccc1C(=O)N1CCN(C(=O)OC(C)(C)C)[C@H](C)C1. The highest BCUT2D eigenvalue weighted by Gasteiger charge is 2.33. The Morgan fingerprint density at radius 3 is 2.52 bits per heavy atom. The highest BCUT2D eigenvalue weighted by Crippen LogP contribution is 2.21. The van der Waals surface area contributed by atoms with Crippen LogP contribution in [0.1, 0.15) is 49.2 Å². The predicted molar refractivity (Wildman–Crippen MR) is 99.6 cm³/mol. The van der Waals surface area contributed by atoms with E-state index in [1.807, 2.05) is 52.8 Å². The number of hydrogen-bond donors (Lipinski definition) is 0. The minimum Gasteiger partial charge on any atom is -0.444 e. The molecule has 25 heavy (non-hydrogen) atoms. The van der Waals surface area contributed by atoms with Gasteiger partial charge in [-0.2, -0.15) is 0 Å². The van der Waals surface area contributed by atoms with E-state index in [0.29, 0.717) is 25.2 Å². The first-order chi connectivity index (χ1) is 11.6. The van der Waals surface area contributed by atoms with Crippen LogP contribution >= 0.6 is 0 Å². The zero-order valence-electron chi connectivity index (χ0n) is 15.8. The largest absolute Gasteiger partial charge is 0.444 e. The Morgan fingerprint density at radius 1 is 1.28 bits per heavy atom. The predicted octanol–water partition coefficient (Wildman–Crippen LogP) is 3.72. The third-order valence-corrected chi connectivity index (χ3v) is 4.30. The van der Waals surface area contributed by atoms with Crippen molar-refractivity contribution < 1.29 is 14.3 Å². The molecule has 5 nitrogen and oxygen atoms in total. The molecule has 1 saturated heterocycles. The average molecular weight is 344 g/mol. The molecule has 0 radical (unpaired) electrons. The number of aryl methyl sites for hydroxylation is 1. The highest BCUT2D eigenvalue weighted by molar-refractivity contribution is 5.98. The van der Waals surface area contributed by atoms with Gasteiger partial charge in [0.15, 0.2) is 0 Å². The molecule has 5 heteroatoms. The molecule has 1 aromatic carbocycles. The Hall–Kier alpha value is -2.30. The first-order valence-corrected chi connectivity index (χ1v) is 8.65. The molecule has 136 valence electrons. The van der Waals surface area contributed by atoms with Crippen molar-refractivity contribution in [1.82, 2.24) is 9.80 Å². The van der Waals surface area contributed by atoms with Crippen LogP contribution in [0.3, 0.4) is 0 Å². The van der Waals surface area contributed by atoms with Crippen molar-refractivity contribution in [3.63, 3.8) is 0 Å². The number of nitrogens with zero attached hydrogens (tertiary/aromatic N) is 2. The van der Waals surface area contributed by atoms with Gasteiger partial charge in [-0.05, 0) is 51.8 Å². The molecule has 2 amide bonds. The van der Waals surface area contributed by atoms with Crippen LogP contribution in [-0.4, -0.2) is 53.1 Å².